The van der Waals surface area contributed by atoms with Crippen LogP contribution in [0.5, 0.6) is 5.75 Å². The summed E-state index contributed by atoms with van der Waals surface area (Å²) in [6.45, 7) is 4.39. The first-order valence-electron chi connectivity index (χ1n) is 7.62. The van der Waals surface area contributed by atoms with Gasteiger partial charge >= 0.3 is 12.6 Å². The van der Waals surface area contributed by atoms with E-state index in [2.05, 4.69) is 25.4 Å². The fraction of sp³-hybridized carbons (Fsp3) is 0.562. The van der Waals surface area contributed by atoms with Crippen molar-refractivity contribution < 1.29 is 27.6 Å². The summed E-state index contributed by atoms with van der Waals surface area (Å²) in [4.78, 5) is 11.9. The summed E-state index contributed by atoms with van der Waals surface area (Å²) in [5, 5.41) is 0. The minimum Gasteiger partial charge on any atom is -0.598 e. The molecule has 25 heavy (non-hydrogen) atoms. The normalized spacial score (nSPS) is 14.3. The van der Waals surface area contributed by atoms with Crippen LogP contribution >= 0.6 is 15.9 Å². The maximum Gasteiger partial charge on any atom is 0.387 e. The van der Waals surface area contributed by atoms with Gasteiger partial charge in [0.15, 0.2) is 0 Å². The summed E-state index contributed by atoms with van der Waals surface area (Å²) < 4.78 is 49.2. The number of benzene rings is 1. The van der Waals surface area contributed by atoms with Crippen LogP contribution in [-0.4, -0.2) is 28.5 Å². The zero-order chi connectivity index (χ0) is 19.2. The molecule has 0 fully saturated rings. The average Bonchev–Trinajstić information content (AvgIpc) is 2.45. The average molecular weight is 442 g/mol. The molecule has 1 unspecified atom stereocenters. The lowest BCUT2D eigenvalue weighted by atomic mass is 10.0. The highest BCUT2D eigenvalue weighted by atomic mass is 79.9. The highest BCUT2D eigenvalue weighted by molar-refractivity contribution is 9.10. The predicted octanol–water partition coefficient (Wildman–Crippen LogP) is 4.10. The number of hydrogen-bond acceptors (Lipinski definition) is 5. The molecule has 1 N–H and O–H groups in total. The lowest BCUT2D eigenvalue weighted by Gasteiger charge is -2.28. The molecule has 0 spiro atoms. The molecule has 9 heteroatoms. The Morgan fingerprint density at radius 1 is 1.40 bits per heavy atom. The van der Waals surface area contributed by atoms with Gasteiger partial charge in [-0.3, -0.25) is 4.79 Å². The fourth-order valence-electron chi connectivity index (χ4n) is 1.87. The molecule has 0 heterocycles. The summed E-state index contributed by atoms with van der Waals surface area (Å²) in [5.74, 6) is -0.469. The Balaban J connectivity index is 3.07. The van der Waals surface area contributed by atoms with Gasteiger partial charge in [-0.2, -0.15) is 8.78 Å². The molecule has 142 valence electrons. The van der Waals surface area contributed by atoms with Crippen molar-refractivity contribution in [3.63, 3.8) is 0 Å². The van der Waals surface area contributed by atoms with E-state index in [-0.39, 0.29) is 18.8 Å². The minimum absolute atomic E-state index is 0.0162. The Hall–Kier alpha value is -0.900. The monoisotopic (exact) mass is 441 g/mol. The van der Waals surface area contributed by atoms with E-state index >= 15 is 0 Å². The van der Waals surface area contributed by atoms with Crippen LogP contribution < -0.4 is 9.46 Å². The van der Waals surface area contributed by atoms with Gasteiger partial charge in [-0.1, -0.05) is 22.0 Å². The number of nitrogens with one attached hydrogen (secondary N) is 1. The number of carbonyl (C=O) groups is 1. The SMILES string of the molecule is CCOC(=O)C[C@H](N[S+]([O-])C(C)(C)C)c1ccc(OC(F)F)cc1Br. The highest BCUT2D eigenvalue weighted by Gasteiger charge is 2.32. The zero-order valence-electron chi connectivity index (χ0n) is 14.5. The van der Waals surface area contributed by atoms with Crippen LogP contribution in [0.25, 0.3) is 0 Å². The number of rotatable bonds is 8. The second-order valence-corrected chi connectivity index (χ2v) is 8.97. The molecular weight excluding hydrogens is 420 g/mol. The van der Waals surface area contributed by atoms with E-state index in [0.29, 0.717) is 10.0 Å². The number of ether oxygens (including phenoxy) is 2. The summed E-state index contributed by atoms with van der Waals surface area (Å²) in [5.41, 5.74) is 0.590. The first-order valence-corrected chi connectivity index (χ1v) is 9.56. The van der Waals surface area contributed by atoms with Gasteiger partial charge in [0.05, 0.1) is 19.1 Å². The van der Waals surface area contributed by atoms with Crippen LogP contribution in [-0.2, 0) is 20.9 Å². The van der Waals surface area contributed by atoms with Crippen LogP contribution in [0.15, 0.2) is 22.7 Å². The molecule has 0 bridgehead atoms. The van der Waals surface area contributed by atoms with E-state index in [4.69, 9.17) is 4.74 Å². The number of halogens is 3. The number of alkyl halides is 2. The van der Waals surface area contributed by atoms with Crippen molar-refractivity contribution in [3.8, 4) is 5.75 Å². The Labute approximate surface area is 157 Å². The molecule has 0 radical (unpaired) electrons. The zero-order valence-corrected chi connectivity index (χ0v) is 16.9. The van der Waals surface area contributed by atoms with E-state index < -0.39 is 34.7 Å². The third-order valence-corrected chi connectivity index (χ3v) is 5.35. The van der Waals surface area contributed by atoms with Gasteiger partial charge in [-0.05, 0) is 45.4 Å². The molecular formula is C16H22BrF2NO4S. The molecule has 0 aliphatic rings. The first kappa shape index (κ1) is 22.1. The largest absolute Gasteiger partial charge is 0.598 e. The molecule has 1 rings (SSSR count). The molecule has 0 aliphatic carbocycles. The van der Waals surface area contributed by atoms with Crippen molar-refractivity contribution in [2.45, 2.75) is 51.5 Å². The lowest BCUT2D eigenvalue weighted by molar-refractivity contribution is -0.143. The van der Waals surface area contributed by atoms with Gasteiger partial charge in [0.1, 0.15) is 10.5 Å². The molecule has 0 amide bonds. The van der Waals surface area contributed by atoms with Crippen molar-refractivity contribution in [3.05, 3.63) is 28.2 Å². The Morgan fingerprint density at radius 2 is 2.04 bits per heavy atom. The van der Waals surface area contributed by atoms with E-state index in [1.54, 1.807) is 33.8 Å². The van der Waals surface area contributed by atoms with Gasteiger partial charge in [0.2, 0.25) is 0 Å². The maximum atomic E-state index is 12.4. The van der Waals surface area contributed by atoms with Crippen molar-refractivity contribution in [2.75, 3.05) is 6.61 Å². The molecule has 0 saturated heterocycles. The van der Waals surface area contributed by atoms with Crippen LogP contribution in [0.2, 0.25) is 0 Å². The first-order chi connectivity index (χ1) is 11.5. The predicted molar refractivity (Wildman–Crippen MR) is 95.8 cm³/mol. The molecule has 1 aromatic carbocycles. The van der Waals surface area contributed by atoms with E-state index in [1.165, 1.54) is 12.1 Å². The van der Waals surface area contributed by atoms with Crippen LogP contribution in [0.4, 0.5) is 8.78 Å². The summed E-state index contributed by atoms with van der Waals surface area (Å²) in [7, 11) is 0. The fourth-order valence-corrected chi connectivity index (χ4v) is 3.33. The molecule has 5 nitrogen and oxygen atoms in total. The summed E-state index contributed by atoms with van der Waals surface area (Å²) >= 11 is 1.85. The van der Waals surface area contributed by atoms with Crippen molar-refractivity contribution in [1.29, 1.82) is 0 Å². The molecule has 2 atom stereocenters. The Kier molecular flexibility index (Phi) is 8.59. The lowest BCUT2D eigenvalue weighted by Crippen LogP contribution is -2.42. The smallest absolute Gasteiger partial charge is 0.387 e. The Bertz CT molecular complexity index is 584. The third kappa shape index (κ3) is 7.47. The number of carbonyl (C=O) groups excluding carboxylic acids is 1. The summed E-state index contributed by atoms with van der Waals surface area (Å²) in [6.07, 6.45) is -0.0523. The van der Waals surface area contributed by atoms with Crippen LogP contribution in [0.3, 0.4) is 0 Å². The number of esters is 1. The van der Waals surface area contributed by atoms with Crippen molar-refractivity contribution >= 4 is 33.3 Å². The van der Waals surface area contributed by atoms with Crippen LogP contribution in [0.1, 0.15) is 45.7 Å². The standard InChI is InChI=1S/C16H22BrF2NO4S/c1-5-23-14(21)9-13(20-25(22)16(2,3)4)11-7-6-10(8-12(11)17)24-15(18)19/h6-8,13,15,20H,5,9H2,1-4H3/t13-,25?/m0/s1. The topological polar surface area (TPSA) is 70.6 Å². The highest BCUT2D eigenvalue weighted by Crippen LogP contribution is 2.32. The van der Waals surface area contributed by atoms with E-state index in [0.717, 1.165) is 0 Å². The second kappa shape index (κ2) is 9.70. The van der Waals surface area contributed by atoms with Gasteiger partial charge in [-0.25, -0.2) is 0 Å². The molecule has 1 aromatic rings. The second-order valence-electron chi connectivity index (χ2n) is 6.12. The molecule has 0 aliphatic heterocycles. The van der Waals surface area contributed by atoms with Gasteiger partial charge < -0.3 is 14.0 Å². The molecule has 0 aromatic heterocycles. The summed E-state index contributed by atoms with van der Waals surface area (Å²) in [6, 6.07) is 3.67. The quantitative estimate of drug-likeness (QED) is 0.485. The van der Waals surface area contributed by atoms with Crippen LogP contribution in [0, 0.1) is 0 Å². The van der Waals surface area contributed by atoms with Gasteiger partial charge in [0.25, 0.3) is 0 Å². The van der Waals surface area contributed by atoms with E-state index in [9.17, 15) is 18.1 Å². The van der Waals surface area contributed by atoms with Crippen molar-refractivity contribution in [2.24, 2.45) is 0 Å². The minimum atomic E-state index is -2.93. The maximum absolute atomic E-state index is 12.4. The molecule has 0 saturated carbocycles. The van der Waals surface area contributed by atoms with Gasteiger partial charge in [0, 0.05) is 15.8 Å². The van der Waals surface area contributed by atoms with E-state index in [1.807, 2.05) is 0 Å². The van der Waals surface area contributed by atoms with Gasteiger partial charge in [-0.15, -0.1) is 4.72 Å². The third-order valence-electron chi connectivity index (χ3n) is 3.05. The number of hydrogen-bond donors (Lipinski definition) is 1. The van der Waals surface area contributed by atoms with Crippen molar-refractivity contribution in [1.82, 2.24) is 4.72 Å². The Morgan fingerprint density at radius 3 is 2.52 bits per heavy atom.